The summed E-state index contributed by atoms with van der Waals surface area (Å²) in [5, 5.41) is 16.1. The largest absolute Gasteiger partial charge is 0.391 e. The van der Waals surface area contributed by atoms with Crippen LogP contribution in [-0.4, -0.2) is 60.3 Å². The van der Waals surface area contributed by atoms with Crippen molar-refractivity contribution >= 4 is 5.91 Å². The number of aliphatic hydroxyl groups excluding tert-OH is 1. The molecule has 0 aromatic carbocycles. The summed E-state index contributed by atoms with van der Waals surface area (Å²) in [4.78, 5) is 13.9. The van der Waals surface area contributed by atoms with Crippen LogP contribution in [0, 0.1) is 0 Å². The van der Waals surface area contributed by atoms with Gasteiger partial charge in [-0.05, 0) is 19.8 Å². The zero-order chi connectivity index (χ0) is 11.5. The number of likely N-dealkylation sites (tertiary alicyclic amines) is 1. The lowest BCUT2D eigenvalue weighted by molar-refractivity contribution is -0.136. The van der Waals surface area contributed by atoms with E-state index in [-0.39, 0.29) is 18.1 Å². The average molecular weight is 227 g/mol. The summed E-state index contributed by atoms with van der Waals surface area (Å²) >= 11 is 0. The van der Waals surface area contributed by atoms with Crippen LogP contribution >= 0.6 is 0 Å². The van der Waals surface area contributed by atoms with Crippen LogP contribution in [0.15, 0.2) is 0 Å². The van der Waals surface area contributed by atoms with Crippen LogP contribution in [0.5, 0.6) is 0 Å². The van der Waals surface area contributed by atoms with Gasteiger partial charge in [-0.3, -0.25) is 4.79 Å². The first-order valence-corrected chi connectivity index (χ1v) is 6.10. The number of β-amino-alcohol motifs (C(OH)–C–C–N with tert-alkyl or cyclic N) is 1. The van der Waals surface area contributed by atoms with E-state index in [2.05, 4.69) is 17.6 Å². The Kier molecular flexibility index (Phi) is 3.78. The summed E-state index contributed by atoms with van der Waals surface area (Å²) in [6.07, 6.45) is 1.38. The molecule has 0 aromatic heterocycles. The SMILES string of the molecule is CC1CNC(C(=O)N2CCCC(O)C2)CN1. The molecule has 3 unspecified atom stereocenters. The van der Waals surface area contributed by atoms with Crippen LogP contribution in [0.4, 0.5) is 0 Å². The number of hydrogen-bond acceptors (Lipinski definition) is 4. The number of nitrogens with zero attached hydrogens (tertiary/aromatic N) is 1. The Hall–Kier alpha value is -0.650. The lowest BCUT2D eigenvalue weighted by Gasteiger charge is -2.35. The molecule has 16 heavy (non-hydrogen) atoms. The monoisotopic (exact) mass is 227 g/mol. The number of hydrogen-bond donors (Lipinski definition) is 3. The minimum atomic E-state index is -0.340. The Morgan fingerprint density at radius 3 is 2.81 bits per heavy atom. The van der Waals surface area contributed by atoms with Gasteiger partial charge in [-0.25, -0.2) is 0 Å². The smallest absolute Gasteiger partial charge is 0.241 e. The molecular weight excluding hydrogens is 206 g/mol. The Labute approximate surface area is 96.2 Å². The lowest BCUT2D eigenvalue weighted by Crippen LogP contribution is -2.60. The maximum Gasteiger partial charge on any atom is 0.241 e. The third-order valence-electron chi connectivity index (χ3n) is 3.35. The van der Waals surface area contributed by atoms with Gasteiger partial charge in [0, 0.05) is 32.2 Å². The topological polar surface area (TPSA) is 64.6 Å². The number of piperazine rings is 1. The normalized spacial score (nSPS) is 36.1. The van der Waals surface area contributed by atoms with Crippen LogP contribution in [0.2, 0.25) is 0 Å². The van der Waals surface area contributed by atoms with Gasteiger partial charge in [-0.15, -0.1) is 0 Å². The molecule has 2 rings (SSSR count). The molecule has 2 heterocycles. The molecule has 2 fully saturated rings. The third kappa shape index (κ3) is 2.72. The fraction of sp³-hybridized carbons (Fsp3) is 0.909. The summed E-state index contributed by atoms with van der Waals surface area (Å²) in [7, 11) is 0. The zero-order valence-corrected chi connectivity index (χ0v) is 9.78. The minimum absolute atomic E-state index is 0.123. The number of piperidine rings is 1. The summed E-state index contributed by atoms with van der Waals surface area (Å²) < 4.78 is 0. The van der Waals surface area contributed by atoms with Crippen molar-refractivity contribution in [2.75, 3.05) is 26.2 Å². The van der Waals surface area contributed by atoms with E-state index < -0.39 is 0 Å². The summed E-state index contributed by atoms with van der Waals surface area (Å²) in [6.45, 7) is 4.88. The van der Waals surface area contributed by atoms with Gasteiger partial charge in [-0.2, -0.15) is 0 Å². The molecule has 3 atom stereocenters. The summed E-state index contributed by atoms with van der Waals surface area (Å²) in [5.41, 5.74) is 0. The van der Waals surface area contributed by atoms with E-state index in [9.17, 15) is 9.90 Å². The predicted octanol–water partition coefficient (Wildman–Crippen LogP) is -1.08. The van der Waals surface area contributed by atoms with Crippen LogP contribution in [0.25, 0.3) is 0 Å². The minimum Gasteiger partial charge on any atom is -0.391 e. The van der Waals surface area contributed by atoms with Crippen molar-refractivity contribution in [3.8, 4) is 0 Å². The fourth-order valence-corrected chi connectivity index (χ4v) is 2.33. The van der Waals surface area contributed by atoms with Gasteiger partial charge < -0.3 is 20.6 Å². The summed E-state index contributed by atoms with van der Waals surface area (Å²) in [5.74, 6) is 0.123. The Bertz CT molecular complexity index is 252. The molecule has 2 saturated heterocycles. The quantitative estimate of drug-likeness (QED) is 0.533. The van der Waals surface area contributed by atoms with Gasteiger partial charge in [-0.1, -0.05) is 0 Å². The molecular formula is C11H21N3O2. The highest BCUT2D eigenvalue weighted by Crippen LogP contribution is 2.11. The lowest BCUT2D eigenvalue weighted by atomic mass is 10.1. The number of carbonyl (C=O) groups excluding carboxylic acids is 1. The molecule has 0 spiro atoms. The van der Waals surface area contributed by atoms with E-state index in [1.807, 2.05) is 0 Å². The predicted molar refractivity (Wildman–Crippen MR) is 61.1 cm³/mol. The number of amides is 1. The molecule has 5 nitrogen and oxygen atoms in total. The van der Waals surface area contributed by atoms with Crippen molar-refractivity contribution in [3.63, 3.8) is 0 Å². The van der Waals surface area contributed by atoms with E-state index in [1.165, 1.54) is 0 Å². The third-order valence-corrected chi connectivity index (χ3v) is 3.35. The maximum atomic E-state index is 12.1. The van der Waals surface area contributed by atoms with Gasteiger partial charge in [0.2, 0.25) is 5.91 Å². The van der Waals surface area contributed by atoms with Crippen molar-refractivity contribution < 1.29 is 9.90 Å². The maximum absolute atomic E-state index is 12.1. The summed E-state index contributed by atoms with van der Waals surface area (Å²) in [6, 6.07) is 0.303. The van der Waals surface area contributed by atoms with Crippen LogP contribution in [0.1, 0.15) is 19.8 Å². The highest BCUT2D eigenvalue weighted by Gasteiger charge is 2.29. The molecule has 0 radical (unpaired) electrons. The van der Waals surface area contributed by atoms with Gasteiger partial charge in [0.05, 0.1) is 12.1 Å². The first kappa shape index (κ1) is 11.8. The van der Waals surface area contributed by atoms with Crippen LogP contribution < -0.4 is 10.6 Å². The highest BCUT2D eigenvalue weighted by atomic mass is 16.3. The molecule has 0 bridgehead atoms. The first-order chi connectivity index (χ1) is 7.66. The molecule has 1 amide bonds. The molecule has 0 saturated carbocycles. The van der Waals surface area contributed by atoms with Gasteiger partial charge >= 0.3 is 0 Å². The number of carbonyl (C=O) groups is 1. The molecule has 5 heteroatoms. The molecule has 2 aliphatic rings. The molecule has 92 valence electrons. The Balaban J connectivity index is 1.86. The second-order valence-corrected chi connectivity index (χ2v) is 4.85. The van der Waals surface area contributed by atoms with Crippen LogP contribution in [-0.2, 0) is 4.79 Å². The average Bonchev–Trinajstić information content (AvgIpc) is 2.29. The van der Waals surface area contributed by atoms with E-state index >= 15 is 0 Å². The van der Waals surface area contributed by atoms with Gasteiger partial charge in [0.1, 0.15) is 0 Å². The fourth-order valence-electron chi connectivity index (χ4n) is 2.33. The zero-order valence-electron chi connectivity index (χ0n) is 9.78. The number of aliphatic hydroxyl groups is 1. The molecule has 2 aliphatic heterocycles. The van der Waals surface area contributed by atoms with Crippen molar-refractivity contribution in [2.24, 2.45) is 0 Å². The van der Waals surface area contributed by atoms with E-state index in [1.54, 1.807) is 4.90 Å². The molecule has 0 aromatic rings. The molecule has 0 aliphatic carbocycles. The van der Waals surface area contributed by atoms with E-state index in [4.69, 9.17) is 0 Å². The second-order valence-electron chi connectivity index (χ2n) is 4.85. The second kappa shape index (κ2) is 5.12. The van der Waals surface area contributed by atoms with E-state index in [0.29, 0.717) is 19.1 Å². The van der Waals surface area contributed by atoms with Gasteiger partial charge in [0.25, 0.3) is 0 Å². The number of nitrogens with one attached hydrogen (secondary N) is 2. The molecule has 3 N–H and O–H groups in total. The van der Waals surface area contributed by atoms with Crippen molar-refractivity contribution in [3.05, 3.63) is 0 Å². The Morgan fingerprint density at radius 2 is 2.19 bits per heavy atom. The van der Waals surface area contributed by atoms with E-state index in [0.717, 1.165) is 25.9 Å². The van der Waals surface area contributed by atoms with Crippen LogP contribution in [0.3, 0.4) is 0 Å². The van der Waals surface area contributed by atoms with Crippen molar-refractivity contribution in [1.82, 2.24) is 15.5 Å². The van der Waals surface area contributed by atoms with Gasteiger partial charge in [0.15, 0.2) is 0 Å². The van der Waals surface area contributed by atoms with Crippen molar-refractivity contribution in [1.29, 1.82) is 0 Å². The first-order valence-electron chi connectivity index (χ1n) is 6.10. The van der Waals surface area contributed by atoms with Crippen molar-refractivity contribution in [2.45, 2.75) is 38.0 Å². The Morgan fingerprint density at radius 1 is 1.38 bits per heavy atom. The number of rotatable bonds is 1. The highest BCUT2D eigenvalue weighted by molar-refractivity contribution is 5.82. The standard InChI is InChI=1S/C11H21N3O2/c1-8-5-13-10(6-12-8)11(16)14-4-2-3-9(15)7-14/h8-10,12-13,15H,2-7H2,1H3.